The second kappa shape index (κ2) is 7.56. The first-order valence-corrected chi connectivity index (χ1v) is 7.72. The molecular formula is C15H19BrFN3O. The molecule has 0 aliphatic rings. The first kappa shape index (κ1) is 16.0. The van der Waals surface area contributed by atoms with E-state index in [1.807, 2.05) is 24.6 Å². The lowest BCUT2D eigenvalue weighted by Crippen LogP contribution is -2.06. The van der Waals surface area contributed by atoms with Gasteiger partial charge in [0, 0.05) is 37.8 Å². The van der Waals surface area contributed by atoms with Crippen LogP contribution in [0.15, 0.2) is 29.0 Å². The molecule has 1 aromatic heterocycles. The number of nitrogens with zero attached hydrogens (tertiary/aromatic N) is 2. The third-order valence-corrected chi connectivity index (χ3v) is 3.73. The van der Waals surface area contributed by atoms with Crippen LogP contribution < -0.4 is 5.32 Å². The quantitative estimate of drug-likeness (QED) is 0.754. The number of nitrogens with one attached hydrogen (secondary N) is 1. The average molecular weight is 356 g/mol. The summed E-state index contributed by atoms with van der Waals surface area (Å²) in [6.45, 7) is 6.14. The lowest BCUT2D eigenvalue weighted by atomic mass is 10.2. The fourth-order valence-electron chi connectivity index (χ4n) is 2.00. The highest BCUT2D eigenvalue weighted by Gasteiger charge is 2.08. The van der Waals surface area contributed by atoms with Crippen molar-refractivity contribution >= 4 is 27.6 Å². The van der Waals surface area contributed by atoms with Crippen LogP contribution in [0, 0.1) is 12.7 Å². The van der Waals surface area contributed by atoms with Crippen LogP contribution in [0.4, 0.5) is 16.0 Å². The Hall–Kier alpha value is -1.40. The van der Waals surface area contributed by atoms with Crippen molar-refractivity contribution in [2.45, 2.75) is 26.8 Å². The van der Waals surface area contributed by atoms with E-state index in [0.29, 0.717) is 4.47 Å². The maximum atomic E-state index is 13.4. The maximum Gasteiger partial charge on any atom is 0.207 e. The highest BCUT2D eigenvalue weighted by molar-refractivity contribution is 9.10. The highest BCUT2D eigenvalue weighted by Crippen LogP contribution is 2.26. The Balaban J connectivity index is 2.06. The third-order valence-electron chi connectivity index (χ3n) is 3.12. The Morgan fingerprint density at radius 3 is 3.00 bits per heavy atom. The zero-order valence-corrected chi connectivity index (χ0v) is 13.8. The van der Waals surface area contributed by atoms with Crippen LogP contribution in [0.2, 0.25) is 0 Å². The molecule has 0 spiro atoms. The fraction of sp³-hybridized carbons (Fsp3) is 0.400. The molecule has 0 radical (unpaired) electrons. The van der Waals surface area contributed by atoms with E-state index >= 15 is 0 Å². The monoisotopic (exact) mass is 355 g/mol. The molecule has 6 heteroatoms. The van der Waals surface area contributed by atoms with Gasteiger partial charge in [0.15, 0.2) is 0 Å². The van der Waals surface area contributed by atoms with Crippen LogP contribution in [0.25, 0.3) is 0 Å². The van der Waals surface area contributed by atoms with Gasteiger partial charge in [0.2, 0.25) is 5.95 Å². The summed E-state index contributed by atoms with van der Waals surface area (Å²) in [5.41, 5.74) is 1.67. The van der Waals surface area contributed by atoms with E-state index in [4.69, 9.17) is 4.74 Å². The fourth-order valence-corrected chi connectivity index (χ4v) is 2.34. The number of hydrogen-bond donors (Lipinski definition) is 1. The van der Waals surface area contributed by atoms with E-state index in [0.717, 1.165) is 43.4 Å². The molecule has 0 amide bonds. The molecule has 114 valence electrons. The van der Waals surface area contributed by atoms with Gasteiger partial charge in [-0.05, 0) is 53.9 Å². The SMILES string of the molecule is CCOCCCn1ccnc1Nc1cc(Br)c(F)cc1C. The minimum Gasteiger partial charge on any atom is -0.382 e. The Morgan fingerprint density at radius 2 is 2.24 bits per heavy atom. The minimum atomic E-state index is -0.266. The van der Waals surface area contributed by atoms with Gasteiger partial charge in [-0.25, -0.2) is 9.37 Å². The smallest absolute Gasteiger partial charge is 0.207 e. The van der Waals surface area contributed by atoms with Gasteiger partial charge in [-0.15, -0.1) is 0 Å². The van der Waals surface area contributed by atoms with Crippen LogP contribution in [0.5, 0.6) is 0 Å². The largest absolute Gasteiger partial charge is 0.382 e. The van der Waals surface area contributed by atoms with E-state index in [1.54, 1.807) is 12.3 Å². The lowest BCUT2D eigenvalue weighted by Gasteiger charge is -2.12. The molecule has 0 bridgehead atoms. The molecule has 0 saturated heterocycles. The van der Waals surface area contributed by atoms with E-state index in [-0.39, 0.29) is 5.82 Å². The van der Waals surface area contributed by atoms with E-state index in [9.17, 15) is 4.39 Å². The summed E-state index contributed by atoms with van der Waals surface area (Å²) in [5, 5.41) is 3.24. The van der Waals surface area contributed by atoms with Crippen molar-refractivity contribution in [3.8, 4) is 0 Å². The number of rotatable bonds is 7. The number of aromatic nitrogens is 2. The number of ether oxygens (including phenoxy) is 1. The molecule has 0 unspecified atom stereocenters. The van der Waals surface area contributed by atoms with Crippen molar-refractivity contribution in [2.24, 2.45) is 0 Å². The summed E-state index contributed by atoms with van der Waals surface area (Å²) in [7, 11) is 0. The summed E-state index contributed by atoms with van der Waals surface area (Å²) in [5.74, 6) is 0.478. The van der Waals surface area contributed by atoms with E-state index < -0.39 is 0 Å². The van der Waals surface area contributed by atoms with Gasteiger partial charge in [0.25, 0.3) is 0 Å². The standard InChI is InChI=1S/C15H19BrFN3O/c1-3-21-8-4-6-20-7-5-18-15(20)19-14-10-12(16)13(17)9-11(14)2/h5,7,9-10H,3-4,6,8H2,1-2H3,(H,18,19). The second-order valence-corrected chi connectivity index (χ2v) is 5.56. The van der Waals surface area contributed by atoms with Crippen LogP contribution >= 0.6 is 15.9 Å². The molecule has 1 N–H and O–H groups in total. The van der Waals surface area contributed by atoms with Crippen molar-refractivity contribution in [1.29, 1.82) is 0 Å². The van der Waals surface area contributed by atoms with Crippen molar-refractivity contribution in [1.82, 2.24) is 9.55 Å². The highest BCUT2D eigenvalue weighted by atomic mass is 79.9. The molecule has 0 aliphatic carbocycles. The molecule has 0 fully saturated rings. The number of anilines is 2. The molecule has 4 nitrogen and oxygen atoms in total. The summed E-state index contributed by atoms with van der Waals surface area (Å²) in [6.07, 6.45) is 4.59. The molecule has 0 atom stereocenters. The van der Waals surface area contributed by atoms with Crippen LogP contribution in [-0.4, -0.2) is 22.8 Å². The van der Waals surface area contributed by atoms with Crippen LogP contribution in [-0.2, 0) is 11.3 Å². The van der Waals surface area contributed by atoms with Crippen molar-refractivity contribution in [2.75, 3.05) is 18.5 Å². The number of imidazole rings is 1. The summed E-state index contributed by atoms with van der Waals surface area (Å²) >= 11 is 3.20. The molecule has 1 aromatic carbocycles. The summed E-state index contributed by atoms with van der Waals surface area (Å²) in [6, 6.07) is 3.22. The van der Waals surface area contributed by atoms with Crippen molar-refractivity contribution < 1.29 is 9.13 Å². The maximum absolute atomic E-state index is 13.4. The number of halogens is 2. The second-order valence-electron chi connectivity index (χ2n) is 4.70. The normalized spacial score (nSPS) is 10.9. The van der Waals surface area contributed by atoms with Gasteiger partial charge >= 0.3 is 0 Å². The van der Waals surface area contributed by atoms with Gasteiger partial charge in [0.05, 0.1) is 4.47 Å². The van der Waals surface area contributed by atoms with Gasteiger partial charge in [0.1, 0.15) is 5.82 Å². The lowest BCUT2D eigenvalue weighted by molar-refractivity contribution is 0.142. The van der Waals surface area contributed by atoms with Crippen molar-refractivity contribution in [3.63, 3.8) is 0 Å². The van der Waals surface area contributed by atoms with Crippen LogP contribution in [0.3, 0.4) is 0 Å². The molecule has 2 rings (SSSR count). The summed E-state index contributed by atoms with van der Waals surface area (Å²) < 4.78 is 21.2. The third kappa shape index (κ3) is 4.28. The Morgan fingerprint density at radius 1 is 1.43 bits per heavy atom. The average Bonchev–Trinajstić information content (AvgIpc) is 2.88. The predicted octanol–water partition coefficient (Wildman–Crippen LogP) is 4.26. The molecule has 0 saturated carbocycles. The Bertz CT molecular complexity index is 601. The zero-order valence-electron chi connectivity index (χ0n) is 12.2. The molecule has 2 aromatic rings. The van der Waals surface area contributed by atoms with Gasteiger partial charge < -0.3 is 14.6 Å². The topological polar surface area (TPSA) is 39.1 Å². The molecule has 1 heterocycles. The van der Waals surface area contributed by atoms with E-state index in [1.165, 1.54) is 6.07 Å². The Labute approximate surface area is 132 Å². The summed E-state index contributed by atoms with van der Waals surface area (Å²) in [4.78, 5) is 4.31. The molecule has 21 heavy (non-hydrogen) atoms. The Kier molecular flexibility index (Phi) is 5.76. The number of hydrogen-bond acceptors (Lipinski definition) is 3. The first-order valence-electron chi connectivity index (χ1n) is 6.93. The van der Waals surface area contributed by atoms with Gasteiger partial charge in [-0.1, -0.05) is 0 Å². The van der Waals surface area contributed by atoms with E-state index in [2.05, 4.69) is 26.2 Å². The minimum absolute atomic E-state index is 0.266. The van der Waals surface area contributed by atoms with Crippen molar-refractivity contribution in [3.05, 3.63) is 40.4 Å². The first-order chi connectivity index (χ1) is 10.1. The molecule has 0 aliphatic heterocycles. The van der Waals surface area contributed by atoms with Gasteiger partial charge in [-0.3, -0.25) is 0 Å². The zero-order chi connectivity index (χ0) is 15.2. The van der Waals surface area contributed by atoms with Crippen LogP contribution in [0.1, 0.15) is 18.9 Å². The number of benzene rings is 1. The van der Waals surface area contributed by atoms with Gasteiger partial charge in [-0.2, -0.15) is 0 Å². The molecular weight excluding hydrogens is 337 g/mol. The predicted molar refractivity (Wildman–Crippen MR) is 85.5 cm³/mol. The number of aryl methyl sites for hydroxylation is 2.